The molecule has 4 rings (SSSR count). The minimum atomic E-state index is -2.91. The molecule has 0 aromatic carbocycles. The van der Waals surface area contributed by atoms with Crippen LogP contribution in [0.1, 0.15) is 126 Å². The number of carbonyl (C=O) groups excluding carboxylic acids is 5. The van der Waals surface area contributed by atoms with Gasteiger partial charge in [-0.3, -0.25) is 14.4 Å². The van der Waals surface area contributed by atoms with Crippen molar-refractivity contribution in [3.05, 3.63) is 47.6 Å². The molecule has 2 amide bonds. The number of Topliss-reactive ketones (excluding diaryl/α,β-unsaturated/α-hetero) is 2. The molecular weight excluding hydrogens is 1050 g/mol. The zero-order valence-corrected chi connectivity index (χ0v) is 49.7. The Morgan fingerprint density at radius 3 is 2.12 bits per heavy atom. The number of nitrogens with two attached hydrogens (primary N) is 1. The summed E-state index contributed by atoms with van der Waals surface area (Å²) in [7, 11) is 3.07. The fourth-order valence-electron chi connectivity index (χ4n) is 11.1. The van der Waals surface area contributed by atoms with Crippen LogP contribution in [-0.4, -0.2) is 202 Å². The zero-order valence-electron chi connectivity index (χ0n) is 49.7. The molecule has 0 radical (unpaired) electrons. The quantitative estimate of drug-likeness (QED) is 0.0437. The van der Waals surface area contributed by atoms with E-state index in [-0.39, 0.29) is 62.8 Å². The summed E-state index contributed by atoms with van der Waals surface area (Å²) >= 11 is 0. The van der Waals surface area contributed by atoms with Gasteiger partial charge in [-0.15, -0.1) is 0 Å². The highest BCUT2D eigenvalue weighted by Crippen LogP contribution is 2.36. The van der Waals surface area contributed by atoms with E-state index in [0.717, 1.165) is 5.57 Å². The molecule has 81 heavy (non-hydrogen) atoms. The topological polar surface area (TPSA) is 291 Å². The molecular formula is C60H99N3O18. The Balaban J connectivity index is 1.54. The normalized spacial score (nSPS) is 35.6. The predicted molar refractivity (Wildman–Crippen MR) is 301 cm³/mol. The van der Waals surface area contributed by atoms with Gasteiger partial charge in [0.2, 0.25) is 5.78 Å². The Bertz CT molecular complexity index is 2070. The number of hydrogen-bond donors (Lipinski definition) is 6. The number of hydrogen-bond acceptors (Lipinski definition) is 19. The number of nitrogens with zero attached hydrogens (tertiary/aromatic N) is 1. The van der Waals surface area contributed by atoms with Crippen molar-refractivity contribution in [2.45, 2.75) is 192 Å². The number of ketones is 2. The molecule has 2 unspecified atom stereocenters. The maximum Gasteiger partial charge on any atom is 0.407 e. The first-order valence-electron chi connectivity index (χ1n) is 29.5. The Kier molecular flexibility index (Phi) is 30.9. The number of piperidine rings is 1. The number of ether oxygens (including phenoxy) is 9. The van der Waals surface area contributed by atoms with Gasteiger partial charge in [0.25, 0.3) is 5.91 Å². The van der Waals surface area contributed by atoms with Gasteiger partial charge in [0.15, 0.2) is 5.78 Å². The van der Waals surface area contributed by atoms with Crippen molar-refractivity contribution >= 4 is 29.5 Å². The summed E-state index contributed by atoms with van der Waals surface area (Å²) in [5, 5.41) is 49.2. The van der Waals surface area contributed by atoms with E-state index < -0.39 is 114 Å². The van der Waals surface area contributed by atoms with E-state index in [1.165, 1.54) is 12.0 Å². The first kappa shape index (κ1) is 69.5. The van der Waals surface area contributed by atoms with Crippen LogP contribution in [0.5, 0.6) is 0 Å². The lowest BCUT2D eigenvalue weighted by molar-refractivity contribution is -0.231. The number of esters is 1. The second-order valence-corrected chi connectivity index (χ2v) is 22.6. The molecule has 0 aromatic heterocycles. The smallest absolute Gasteiger partial charge is 0.407 e. The average molecular weight is 1150 g/mol. The van der Waals surface area contributed by atoms with Gasteiger partial charge in [-0.05, 0) is 108 Å². The van der Waals surface area contributed by atoms with Gasteiger partial charge in [0.05, 0.1) is 70.7 Å². The third-order valence-electron chi connectivity index (χ3n) is 16.1. The first-order chi connectivity index (χ1) is 38.6. The van der Waals surface area contributed by atoms with E-state index in [4.69, 9.17) is 48.4 Å². The molecule has 462 valence electrons. The van der Waals surface area contributed by atoms with Gasteiger partial charge >= 0.3 is 17.8 Å². The van der Waals surface area contributed by atoms with Crippen molar-refractivity contribution < 1.29 is 87.0 Å². The third-order valence-corrected chi connectivity index (χ3v) is 16.1. The van der Waals surface area contributed by atoms with Crippen molar-refractivity contribution in [2.75, 3.05) is 80.2 Å². The molecule has 3 fully saturated rings. The largest absolute Gasteiger partial charge is 0.459 e. The van der Waals surface area contributed by atoms with Crippen LogP contribution in [0.3, 0.4) is 0 Å². The number of alkyl carbamates (subject to hydrolysis) is 1. The van der Waals surface area contributed by atoms with E-state index in [1.807, 2.05) is 51.2 Å². The number of allylic oxidation sites excluding steroid dienone is 5. The van der Waals surface area contributed by atoms with Crippen molar-refractivity contribution in [3.63, 3.8) is 0 Å². The highest BCUT2D eigenvalue weighted by Gasteiger charge is 2.55. The Morgan fingerprint density at radius 2 is 1.46 bits per heavy atom. The van der Waals surface area contributed by atoms with Crippen molar-refractivity contribution in [1.29, 1.82) is 0 Å². The number of cyclic esters (lactones) is 1. The Labute approximate surface area is 480 Å². The number of carbonyl (C=O) groups is 5. The third kappa shape index (κ3) is 22.2. The van der Waals surface area contributed by atoms with Crippen LogP contribution in [0.25, 0.3) is 0 Å². The van der Waals surface area contributed by atoms with E-state index in [0.29, 0.717) is 97.6 Å². The van der Waals surface area contributed by atoms with Gasteiger partial charge < -0.3 is 79.0 Å². The van der Waals surface area contributed by atoms with Crippen LogP contribution in [0.2, 0.25) is 0 Å². The molecule has 21 nitrogen and oxygen atoms in total. The molecule has 21 heteroatoms. The minimum absolute atomic E-state index is 0.0205. The summed E-state index contributed by atoms with van der Waals surface area (Å²) in [6.07, 6.45) is 6.19. The maximum absolute atomic E-state index is 14.8. The van der Waals surface area contributed by atoms with Crippen molar-refractivity contribution in [1.82, 2.24) is 10.2 Å². The van der Waals surface area contributed by atoms with E-state index in [1.54, 1.807) is 40.9 Å². The number of aliphatic hydroxyl groups excluding tert-OH is 3. The monoisotopic (exact) mass is 1150 g/mol. The minimum Gasteiger partial charge on any atom is -0.459 e. The summed E-state index contributed by atoms with van der Waals surface area (Å²) in [5.74, 6) is -8.37. The van der Waals surface area contributed by atoms with Crippen LogP contribution >= 0.6 is 0 Å². The molecule has 4 aliphatic rings. The number of fused-ring (bicyclic) bond motifs is 3. The molecule has 3 heterocycles. The van der Waals surface area contributed by atoms with E-state index in [2.05, 4.69) is 5.32 Å². The second-order valence-electron chi connectivity index (χ2n) is 22.6. The number of nitrogens with one attached hydrogen (secondary N) is 1. The molecule has 0 aromatic rings. The summed E-state index contributed by atoms with van der Waals surface area (Å²) in [6, 6.07) is -2.13. The summed E-state index contributed by atoms with van der Waals surface area (Å²) in [5.41, 5.74) is 8.08. The molecule has 2 bridgehead atoms. The van der Waals surface area contributed by atoms with Crippen LogP contribution in [0.15, 0.2) is 47.6 Å². The molecule has 1 saturated carbocycles. The lowest BCUT2D eigenvalue weighted by Gasteiger charge is -2.40. The van der Waals surface area contributed by atoms with Gasteiger partial charge in [0, 0.05) is 70.6 Å². The number of amides is 2. The lowest BCUT2D eigenvalue weighted by Crippen LogP contribution is -2.62. The van der Waals surface area contributed by atoms with Gasteiger partial charge in [-0.2, -0.15) is 0 Å². The highest BCUT2D eigenvalue weighted by molar-refractivity contribution is 6.09. The Morgan fingerprint density at radius 1 is 0.778 bits per heavy atom. The average Bonchev–Trinajstić information content (AvgIpc) is 3.74. The second kappa shape index (κ2) is 36.0. The zero-order chi connectivity index (χ0) is 59.6. The number of rotatable bonds is 19. The highest BCUT2D eigenvalue weighted by atomic mass is 16.6. The van der Waals surface area contributed by atoms with Gasteiger partial charge in [0.1, 0.15) is 30.5 Å². The van der Waals surface area contributed by atoms with Crippen LogP contribution < -0.4 is 11.1 Å². The lowest BCUT2D eigenvalue weighted by atomic mass is 9.80. The number of aliphatic hydroxyl groups is 4. The van der Waals surface area contributed by atoms with Crippen LogP contribution in [0, 0.1) is 29.6 Å². The van der Waals surface area contributed by atoms with Crippen LogP contribution in [-0.2, 0) is 61.8 Å². The summed E-state index contributed by atoms with van der Waals surface area (Å²) < 4.78 is 51.7. The van der Waals surface area contributed by atoms with Crippen LogP contribution in [0.4, 0.5) is 4.79 Å². The van der Waals surface area contributed by atoms with Crippen molar-refractivity contribution in [3.8, 4) is 0 Å². The SMILES string of the molecule is CCOCCOCCOCCOCCNC(=O)O[C@@H]1CC[C@@H](C[C@@H](N)C2C[C@@H](O)[C@H](C)/C=C(\C)[C@@H](O)[C@@H](O)C(=O)[C@H](C)C[C@H](C)/C=C/C=C/C=C(\C)[C@@H](OC)C[C@@H]3CC[C@@H](C)C(=O)C(O)(O3)C(=O)N3CCCC[C@H]3C(=O)O2)C[C@H]1OC. The van der Waals surface area contributed by atoms with E-state index >= 15 is 0 Å². The van der Waals surface area contributed by atoms with Gasteiger partial charge in [-0.25, -0.2) is 9.59 Å². The standard InChI is InChI=1S/C60H99N3O18/c1-10-75-26-27-77-30-31-78-29-28-76-25-23-62-59(71)80-49-22-20-44(35-52(49)74-9)34-46(61)51-37-48(64)41(5)33-43(7)54(66)55(67)53(65)42(6)32-38(2)16-12-11-13-17-39(3)50(73-8)36-45-21-19-40(4)56(68)60(72,81-45)58(70)63-24-15-14-18-47(63)57(69)79-51/h11-13,16-17,33,38,40-42,44-52,54-55,64,66-67,72H,10,14-15,18-32,34-37,61H2,1-9H3,(H,62,71)/b13-11+,16-12+,39-17+,43-33+/t38-,40-,41-,42-,44+,45+,46-,47+,48-,49-,50+,51?,52-,54-,55+,60?/m1/s1. The van der Waals surface area contributed by atoms with Gasteiger partial charge in [-0.1, -0.05) is 64.2 Å². The summed E-state index contributed by atoms with van der Waals surface area (Å²) in [6.45, 7) is 16.1. The molecule has 3 aliphatic heterocycles. The molecule has 7 N–H and O–H groups in total. The Hall–Kier alpha value is -3.97. The maximum atomic E-state index is 14.8. The predicted octanol–water partition coefficient (Wildman–Crippen LogP) is 4.83. The molecule has 2 saturated heterocycles. The molecule has 1 aliphatic carbocycles. The fraction of sp³-hybridized carbons (Fsp3) is 0.783. The van der Waals surface area contributed by atoms with Crippen molar-refractivity contribution in [2.24, 2.45) is 35.3 Å². The molecule has 16 atom stereocenters. The molecule has 0 spiro atoms. The fourth-order valence-corrected chi connectivity index (χ4v) is 11.1. The summed E-state index contributed by atoms with van der Waals surface area (Å²) in [4.78, 5) is 71.0. The van der Waals surface area contributed by atoms with E-state index in [9.17, 15) is 44.4 Å². The number of methoxy groups -OCH3 is 2. The first-order valence-corrected chi connectivity index (χ1v) is 29.5.